The van der Waals surface area contributed by atoms with Gasteiger partial charge in [-0.25, -0.2) is 4.99 Å². The van der Waals surface area contributed by atoms with Crippen LogP contribution in [0.25, 0.3) is 11.3 Å². The Morgan fingerprint density at radius 3 is 2.57 bits per heavy atom. The maximum Gasteiger partial charge on any atom is 0.190 e. The molecule has 1 heterocycles. The fourth-order valence-electron chi connectivity index (χ4n) is 2.59. The zero-order chi connectivity index (χ0) is 15.8. The maximum atomic E-state index is 6.40. The molecule has 2 aromatic carbocycles. The molecule has 23 heavy (non-hydrogen) atoms. The Kier molecular flexibility index (Phi) is 4.02. The molecule has 1 aliphatic rings. The summed E-state index contributed by atoms with van der Waals surface area (Å²) in [4.78, 5) is 5.81. The van der Waals surface area contributed by atoms with Crippen molar-refractivity contribution in [2.24, 2.45) is 4.99 Å². The molecule has 0 saturated heterocycles. The molecule has 5 heteroatoms. The van der Waals surface area contributed by atoms with Crippen molar-refractivity contribution in [3.8, 4) is 11.3 Å². The number of thiazole rings is 1. The number of benzene rings is 2. The van der Waals surface area contributed by atoms with E-state index in [0.717, 1.165) is 21.7 Å². The quantitative estimate of drug-likeness (QED) is 0.537. The fraction of sp³-hybridized carbons (Fsp3) is 0.167. The first-order chi connectivity index (χ1) is 11.2. The average molecular weight is 361 g/mol. The number of hydrogen-bond donors (Lipinski definition) is 0. The van der Waals surface area contributed by atoms with E-state index >= 15 is 0 Å². The van der Waals surface area contributed by atoms with Gasteiger partial charge in [-0.2, -0.15) is 0 Å². The molecular weight excluding hydrogens is 347 g/mol. The molecule has 0 spiro atoms. The van der Waals surface area contributed by atoms with Crippen molar-refractivity contribution in [3.05, 3.63) is 68.8 Å². The average Bonchev–Trinajstić information content (AvgIpc) is 3.32. The Bertz CT molecular complexity index is 908. The Balaban J connectivity index is 1.90. The van der Waals surface area contributed by atoms with E-state index in [1.54, 1.807) is 11.3 Å². The molecule has 1 aliphatic carbocycles. The van der Waals surface area contributed by atoms with E-state index in [1.807, 2.05) is 48.5 Å². The number of para-hydroxylation sites is 1. The second-order valence-corrected chi connectivity index (χ2v) is 7.26. The third-order valence-electron chi connectivity index (χ3n) is 3.84. The van der Waals surface area contributed by atoms with Crippen molar-refractivity contribution >= 4 is 40.2 Å². The number of nitrogens with zero attached hydrogens (tertiary/aromatic N) is 2. The molecule has 0 N–H and O–H groups in total. The van der Waals surface area contributed by atoms with Crippen molar-refractivity contribution in [3.63, 3.8) is 0 Å². The summed E-state index contributed by atoms with van der Waals surface area (Å²) in [5.74, 6) is 0. The number of aromatic nitrogens is 1. The zero-order valence-electron chi connectivity index (χ0n) is 12.2. The van der Waals surface area contributed by atoms with Crippen LogP contribution in [0.2, 0.25) is 10.0 Å². The van der Waals surface area contributed by atoms with Gasteiger partial charge in [0.25, 0.3) is 0 Å². The summed E-state index contributed by atoms with van der Waals surface area (Å²) in [6, 6.07) is 16.1. The Morgan fingerprint density at radius 1 is 1.04 bits per heavy atom. The van der Waals surface area contributed by atoms with Crippen LogP contribution >= 0.6 is 34.5 Å². The van der Waals surface area contributed by atoms with Gasteiger partial charge < -0.3 is 4.57 Å². The van der Waals surface area contributed by atoms with Gasteiger partial charge in [-0.15, -0.1) is 11.3 Å². The lowest BCUT2D eigenvalue weighted by Gasteiger charge is -2.09. The minimum atomic E-state index is 0.508. The smallest absolute Gasteiger partial charge is 0.190 e. The van der Waals surface area contributed by atoms with Gasteiger partial charge in [0.05, 0.1) is 16.4 Å². The molecule has 116 valence electrons. The van der Waals surface area contributed by atoms with Crippen LogP contribution < -0.4 is 4.80 Å². The summed E-state index contributed by atoms with van der Waals surface area (Å²) in [6.07, 6.45) is 2.37. The van der Waals surface area contributed by atoms with Crippen molar-refractivity contribution < 1.29 is 0 Å². The van der Waals surface area contributed by atoms with Crippen LogP contribution in [0, 0.1) is 0 Å². The number of halogens is 2. The van der Waals surface area contributed by atoms with Crippen molar-refractivity contribution in [1.29, 1.82) is 0 Å². The third-order valence-corrected chi connectivity index (χ3v) is 5.24. The predicted molar refractivity (Wildman–Crippen MR) is 97.7 cm³/mol. The first kappa shape index (κ1) is 15.0. The Morgan fingerprint density at radius 2 is 1.83 bits per heavy atom. The van der Waals surface area contributed by atoms with Crippen molar-refractivity contribution in [1.82, 2.24) is 4.57 Å². The van der Waals surface area contributed by atoms with Crippen LogP contribution in [0.15, 0.2) is 58.9 Å². The zero-order valence-corrected chi connectivity index (χ0v) is 14.6. The molecule has 0 atom stereocenters. The highest BCUT2D eigenvalue weighted by Gasteiger charge is 2.28. The lowest BCUT2D eigenvalue weighted by atomic mass is 10.1. The Labute approximate surface area is 148 Å². The molecule has 1 saturated carbocycles. The number of rotatable bonds is 3. The van der Waals surface area contributed by atoms with E-state index in [1.165, 1.54) is 12.8 Å². The summed E-state index contributed by atoms with van der Waals surface area (Å²) < 4.78 is 2.30. The summed E-state index contributed by atoms with van der Waals surface area (Å²) in [5, 5.41) is 3.53. The predicted octanol–water partition coefficient (Wildman–Crippen LogP) is 6.09. The molecule has 0 unspecified atom stereocenters. The molecule has 0 radical (unpaired) electrons. The molecule has 2 nitrogen and oxygen atoms in total. The standard InChI is InChI=1S/C18H14Cl2N2S/c19-12-6-9-16(20)15(10-12)17-11-23-18(22(17)14-7-8-14)21-13-4-2-1-3-5-13/h1-6,9-11,14H,7-8H2. The lowest BCUT2D eigenvalue weighted by Crippen LogP contribution is -2.14. The monoisotopic (exact) mass is 360 g/mol. The first-order valence-corrected chi connectivity index (χ1v) is 9.11. The van der Waals surface area contributed by atoms with E-state index in [2.05, 4.69) is 9.95 Å². The summed E-state index contributed by atoms with van der Waals surface area (Å²) >= 11 is 14.2. The van der Waals surface area contributed by atoms with Crippen molar-refractivity contribution in [2.75, 3.05) is 0 Å². The maximum absolute atomic E-state index is 6.40. The Hall–Kier alpha value is -1.55. The minimum Gasteiger partial charge on any atom is -0.313 e. The number of hydrogen-bond acceptors (Lipinski definition) is 2. The molecule has 0 amide bonds. The van der Waals surface area contributed by atoms with Crippen LogP contribution in [-0.4, -0.2) is 4.57 Å². The molecule has 1 fully saturated rings. The topological polar surface area (TPSA) is 17.3 Å². The van der Waals surface area contributed by atoms with Crippen LogP contribution in [0.1, 0.15) is 18.9 Å². The van der Waals surface area contributed by atoms with Crippen LogP contribution in [0.5, 0.6) is 0 Å². The van der Waals surface area contributed by atoms with Gasteiger partial charge in [0.2, 0.25) is 0 Å². The van der Waals surface area contributed by atoms with E-state index in [-0.39, 0.29) is 0 Å². The van der Waals surface area contributed by atoms with Crippen molar-refractivity contribution in [2.45, 2.75) is 18.9 Å². The van der Waals surface area contributed by atoms with Gasteiger partial charge in [-0.1, -0.05) is 41.4 Å². The highest BCUT2D eigenvalue weighted by Crippen LogP contribution is 2.40. The van der Waals surface area contributed by atoms with Crippen LogP contribution in [0.3, 0.4) is 0 Å². The third kappa shape index (κ3) is 3.09. The molecule has 0 bridgehead atoms. The molecule has 1 aromatic heterocycles. The molecule has 0 aliphatic heterocycles. The van der Waals surface area contributed by atoms with Gasteiger partial charge in [0.1, 0.15) is 0 Å². The van der Waals surface area contributed by atoms with E-state index < -0.39 is 0 Å². The molecular formula is C18H14Cl2N2S. The highest BCUT2D eigenvalue weighted by atomic mass is 35.5. The fourth-order valence-corrected chi connectivity index (χ4v) is 3.95. The van der Waals surface area contributed by atoms with Gasteiger partial charge >= 0.3 is 0 Å². The minimum absolute atomic E-state index is 0.508. The largest absolute Gasteiger partial charge is 0.313 e. The second-order valence-electron chi connectivity index (χ2n) is 5.58. The van der Waals surface area contributed by atoms with E-state index in [4.69, 9.17) is 28.2 Å². The molecule has 3 aromatic rings. The normalized spacial score (nSPS) is 15.1. The first-order valence-electron chi connectivity index (χ1n) is 7.47. The molecule has 4 rings (SSSR count). The lowest BCUT2D eigenvalue weighted by molar-refractivity contribution is 0.725. The van der Waals surface area contributed by atoms with Crippen LogP contribution in [-0.2, 0) is 0 Å². The van der Waals surface area contributed by atoms with Gasteiger partial charge in [0.15, 0.2) is 4.80 Å². The summed E-state index contributed by atoms with van der Waals surface area (Å²) in [7, 11) is 0. The van der Waals surface area contributed by atoms with Gasteiger partial charge in [-0.3, -0.25) is 0 Å². The summed E-state index contributed by atoms with van der Waals surface area (Å²) in [5.41, 5.74) is 3.03. The van der Waals surface area contributed by atoms with Gasteiger partial charge in [0, 0.05) is 22.0 Å². The summed E-state index contributed by atoms with van der Waals surface area (Å²) in [6.45, 7) is 0. The van der Waals surface area contributed by atoms with Crippen LogP contribution in [0.4, 0.5) is 5.69 Å². The SMILES string of the molecule is Clc1ccc(Cl)c(-c2csc(=Nc3ccccc3)n2C2CC2)c1. The van der Waals surface area contributed by atoms with E-state index in [0.29, 0.717) is 16.1 Å². The van der Waals surface area contributed by atoms with E-state index in [9.17, 15) is 0 Å². The van der Waals surface area contributed by atoms with Gasteiger partial charge in [-0.05, 0) is 43.2 Å². The highest BCUT2D eigenvalue weighted by molar-refractivity contribution is 7.07. The second kappa shape index (κ2) is 6.16.